The molecule has 0 saturated carbocycles. The van der Waals surface area contributed by atoms with Crippen LogP contribution in [0.5, 0.6) is 0 Å². The Balaban J connectivity index is 2.20. The number of nitrogens with two attached hydrogens (primary N) is 1. The smallest absolute Gasteiger partial charge is 0.320 e. The Morgan fingerprint density at radius 1 is 1.53 bits per heavy atom. The van der Waals surface area contributed by atoms with E-state index in [2.05, 4.69) is 20.6 Å². The van der Waals surface area contributed by atoms with Crippen LogP contribution in [0.3, 0.4) is 0 Å². The van der Waals surface area contributed by atoms with Gasteiger partial charge in [-0.2, -0.15) is 5.21 Å². The highest BCUT2D eigenvalue weighted by atomic mass is 16.4. The topological polar surface area (TPSA) is 118 Å². The third kappa shape index (κ3) is 2.64. The molecule has 1 unspecified atom stereocenters. The van der Waals surface area contributed by atoms with Gasteiger partial charge < -0.3 is 10.8 Å². The number of benzene rings is 1. The highest BCUT2D eigenvalue weighted by Gasteiger charge is 2.12. The normalized spacial score (nSPS) is 12.3. The van der Waals surface area contributed by atoms with Crippen molar-refractivity contribution in [1.82, 2.24) is 20.6 Å². The minimum absolute atomic E-state index is 0.265. The van der Waals surface area contributed by atoms with Gasteiger partial charge in [0.15, 0.2) is 0 Å². The summed E-state index contributed by atoms with van der Waals surface area (Å²) >= 11 is 0. The van der Waals surface area contributed by atoms with Gasteiger partial charge >= 0.3 is 5.97 Å². The van der Waals surface area contributed by atoms with Crippen LogP contribution in [0.2, 0.25) is 0 Å². The fraction of sp³-hybridized carbons (Fsp3) is 0.200. The van der Waals surface area contributed by atoms with Gasteiger partial charge in [-0.25, -0.2) is 0 Å². The molecule has 1 heterocycles. The molecule has 17 heavy (non-hydrogen) atoms. The quantitative estimate of drug-likeness (QED) is 0.674. The van der Waals surface area contributed by atoms with E-state index in [1.54, 1.807) is 12.1 Å². The lowest BCUT2D eigenvalue weighted by Gasteiger charge is -2.06. The second-order valence-corrected chi connectivity index (χ2v) is 3.58. The van der Waals surface area contributed by atoms with E-state index < -0.39 is 12.0 Å². The lowest BCUT2D eigenvalue weighted by molar-refractivity contribution is -0.138. The van der Waals surface area contributed by atoms with Crippen LogP contribution in [0.25, 0.3) is 11.4 Å². The Kier molecular flexibility index (Phi) is 3.10. The number of aliphatic carboxylic acids is 1. The molecule has 0 aliphatic rings. The van der Waals surface area contributed by atoms with Crippen molar-refractivity contribution in [3.05, 3.63) is 29.8 Å². The summed E-state index contributed by atoms with van der Waals surface area (Å²) in [5, 5.41) is 22.2. The Labute approximate surface area is 96.7 Å². The van der Waals surface area contributed by atoms with Crippen LogP contribution < -0.4 is 5.73 Å². The van der Waals surface area contributed by atoms with E-state index in [0.29, 0.717) is 5.82 Å². The summed E-state index contributed by atoms with van der Waals surface area (Å²) in [6, 6.07) is 6.33. The molecule has 0 aliphatic heterocycles. The Morgan fingerprint density at radius 3 is 3.00 bits per heavy atom. The number of carbonyl (C=O) groups is 1. The van der Waals surface area contributed by atoms with Crippen molar-refractivity contribution in [2.24, 2.45) is 5.73 Å². The molecule has 7 heteroatoms. The molecule has 88 valence electrons. The molecule has 7 nitrogen and oxygen atoms in total. The van der Waals surface area contributed by atoms with Crippen LogP contribution in [0.15, 0.2) is 24.3 Å². The highest BCUT2D eigenvalue weighted by Crippen LogP contribution is 2.15. The summed E-state index contributed by atoms with van der Waals surface area (Å²) in [7, 11) is 0. The van der Waals surface area contributed by atoms with Crippen molar-refractivity contribution in [2.45, 2.75) is 12.5 Å². The monoisotopic (exact) mass is 233 g/mol. The van der Waals surface area contributed by atoms with Crippen molar-refractivity contribution in [1.29, 1.82) is 0 Å². The lowest BCUT2D eigenvalue weighted by Crippen LogP contribution is -2.32. The number of aromatic nitrogens is 4. The van der Waals surface area contributed by atoms with E-state index in [1.807, 2.05) is 12.1 Å². The molecule has 2 rings (SSSR count). The maximum Gasteiger partial charge on any atom is 0.320 e. The van der Waals surface area contributed by atoms with Crippen LogP contribution in [0.1, 0.15) is 5.56 Å². The second-order valence-electron chi connectivity index (χ2n) is 3.58. The minimum Gasteiger partial charge on any atom is -0.480 e. The number of nitrogens with one attached hydrogen (secondary N) is 1. The number of hydrogen-bond acceptors (Lipinski definition) is 5. The van der Waals surface area contributed by atoms with Gasteiger partial charge in [-0.05, 0) is 23.3 Å². The third-order valence-corrected chi connectivity index (χ3v) is 2.30. The molecule has 0 fully saturated rings. The standard InChI is InChI=1S/C10H11N5O2/c11-8(10(16)17)5-6-2-1-3-7(4-6)9-12-14-15-13-9/h1-4,8H,5,11H2,(H,16,17)(H,12,13,14,15). The molecule has 0 radical (unpaired) electrons. The minimum atomic E-state index is -1.02. The largest absolute Gasteiger partial charge is 0.480 e. The first-order valence-electron chi connectivity index (χ1n) is 4.98. The summed E-state index contributed by atoms with van der Waals surface area (Å²) in [5.74, 6) is -0.550. The number of carboxylic acid groups (broad SMARTS) is 1. The van der Waals surface area contributed by atoms with Gasteiger partial charge in [0.05, 0.1) is 0 Å². The van der Waals surface area contributed by atoms with Gasteiger partial charge in [-0.1, -0.05) is 18.2 Å². The Hall–Kier alpha value is -2.28. The van der Waals surface area contributed by atoms with E-state index in [0.717, 1.165) is 11.1 Å². The van der Waals surface area contributed by atoms with Crippen molar-refractivity contribution in [2.75, 3.05) is 0 Å². The van der Waals surface area contributed by atoms with Gasteiger partial charge in [0.25, 0.3) is 0 Å². The Bertz CT molecular complexity index is 511. The maximum atomic E-state index is 10.7. The van der Waals surface area contributed by atoms with Crippen molar-refractivity contribution in [3.8, 4) is 11.4 Å². The van der Waals surface area contributed by atoms with Gasteiger partial charge in [0.1, 0.15) is 6.04 Å². The third-order valence-electron chi connectivity index (χ3n) is 2.30. The highest BCUT2D eigenvalue weighted by molar-refractivity contribution is 5.73. The van der Waals surface area contributed by atoms with E-state index in [9.17, 15) is 4.79 Å². The molecule has 1 aromatic heterocycles. The zero-order chi connectivity index (χ0) is 12.3. The van der Waals surface area contributed by atoms with Crippen LogP contribution in [-0.2, 0) is 11.2 Å². The Morgan fingerprint density at radius 2 is 2.35 bits per heavy atom. The molecule has 0 spiro atoms. The molecule has 0 aliphatic carbocycles. The van der Waals surface area contributed by atoms with E-state index in [1.165, 1.54) is 0 Å². The second kappa shape index (κ2) is 4.71. The van der Waals surface area contributed by atoms with E-state index >= 15 is 0 Å². The predicted molar refractivity (Wildman–Crippen MR) is 58.9 cm³/mol. The summed E-state index contributed by atoms with van der Waals surface area (Å²) in [5.41, 5.74) is 7.06. The van der Waals surface area contributed by atoms with Crippen molar-refractivity contribution < 1.29 is 9.90 Å². The van der Waals surface area contributed by atoms with Crippen molar-refractivity contribution >= 4 is 5.97 Å². The van der Waals surface area contributed by atoms with E-state index in [4.69, 9.17) is 10.8 Å². The number of carboxylic acids is 1. The number of tetrazole rings is 1. The van der Waals surface area contributed by atoms with Crippen LogP contribution in [0, 0.1) is 0 Å². The van der Waals surface area contributed by atoms with Gasteiger partial charge in [0, 0.05) is 5.56 Å². The molecule has 1 aromatic carbocycles. The first-order valence-corrected chi connectivity index (χ1v) is 4.98. The zero-order valence-electron chi connectivity index (χ0n) is 8.87. The molecule has 4 N–H and O–H groups in total. The SMILES string of the molecule is NC(Cc1cccc(-c2nn[nH]n2)c1)C(=O)O. The van der Waals surface area contributed by atoms with E-state index in [-0.39, 0.29) is 6.42 Å². The molecule has 0 saturated heterocycles. The first kappa shape index (κ1) is 11.2. The molecular formula is C10H11N5O2. The average molecular weight is 233 g/mol. The number of H-pyrrole nitrogens is 1. The summed E-state index contributed by atoms with van der Waals surface area (Å²) < 4.78 is 0. The fourth-order valence-electron chi connectivity index (χ4n) is 1.46. The van der Waals surface area contributed by atoms with Crippen molar-refractivity contribution in [3.63, 3.8) is 0 Å². The summed E-state index contributed by atoms with van der Waals surface area (Å²) in [4.78, 5) is 10.7. The predicted octanol–water partition coefficient (Wildman–Crippen LogP) is -0.179. The molecular weight excluding hydrogens is 222 g/mol. The van der Waals surface area contributed by atoms with Gasteiger partial charge in [-0.15, -0.1) is 10.2 Å². The summed E-state index contributed by atoms with van der Waals surface area (Å²) in [6.07, 6.45) is 0.265. The molecule has 1 atom stereocenters. The first-order chi connectivity index (χ1) is 8.16. The number of aromatic amines is 1. The average Bonchev–Trinajstić information content (AvgIpc) is 2.82. The fourth-order valence-corrected chi connectivity index (χ4v) is 1.46. The molecule has 0 amide bonds. The maximum absolute atomic E-state index is 10.7. The number of nitrogens with zero attached hydrogens (tertiary/aromatic N) is 3. The van der Waals surface area contributed by atoms with Gasteiger partial charge in [0.2, 0.25) is 5.82 Å². The molecule has 0 bridgehead atoms. The molecule has 2 aromatic rings. The summed E-state index contributed by atoms with van der Waals surface area (Å²) in [6.45, 7) is 0. The van der Waals surface area contributed by atoms with Crippen LogP contribution in [-0.4, -0.2) is 37.7 Å². The van der Waals surface area contributed by atoms with Crippen LogP contribution >= 0.6 is 0 Å². The van der Waals surface area contributed by atoms with Crippen LogP contribution in [0.4, 0.5) is 0 Å². The zero-order valence-corrected chi connectivity index (χ0v) is 8.87. The lowest BCUT2D eigenvalue weighted by atomic mass is 10.0. The van der Waals surface area contributed by atoms with Gasteiger partial charge in [-0.3, -0.25) is 4.79 Å². The number of rotatable bonds is 4. The number of hydrogen-bond donors (Lipinski definition) is 3.